The normalized spacial score (nSPS) is 12.0. The number of aryl methyl sites for hydroxylation is 2. The van der Waals surface area contributed by atoms with Crippen LogP contribution in [0.25, 0.3) is 22.8 Å². The number of carbonyl (C=O) groups excluding carboxylic acids is 1. The molecule has 0 fully saturated rings. The summed E-state index contributed by atoms with van der Waals surface area (Å²) in [6.07, 6.45) is 0. The zero-order valence-electron chi connectivity index (χ0n) is 20.0. The first-order valence-electron chi connectivity index (χ1n) is 11.3. The van der Waals surface area contributed by atoms with Crippen LogP contribution in [-0.4, -0.2) is 34.5 Å². The number of para-hydroxylation sites is 1. The van der Waals surface area contributed by atoms with E-state index in [2.05, 4.69) is 15.5 Å². The van der Waals surface area contributed by atoms with Crippen molar-refractivity contribution in [2.75, 3.05) is 13.9 Å². The van der Waals surface area contributed by atoms with E-state index >= 15 is 0 Å². The Kier molecular flexibility index (Phi) is 6.16. The number of rotatable bonds is 7. The molecule has 0 bridgehead atoms. The molecule has 2 aromatic heterocycles. The molecule has 0 spiro atoms. The van der Waals surface area contributed by atoms with Crippen LogP contribution in [0.2, 0.25) is 0 Å². The number of hydrogen-bond donors (Lipinski definition) is 1. The molecule has 1 amide bonds. The number of nitrogens with one attached hydrogen (secondary N) is 1. The standard InChI is InChI=1S/C26H24N4O6/c1-15-10-16(2)30(13-22(31)27-12-18-6-4-5-7-19(18)33-3)26(32)23(15)25-28-24(29-36-25)17-8-9-20-21(11-17)35-14-34-20/h4-11H,12-14H2,1-3H3,(H,27,31). The van der Waals surface area contributed by atoms with Crippen molar-refractivity contribution in [1.82, 2.24) is 20.0 Å². The summed E-state index contributed by atoms with van der Waals surface area (Å²) in [4.78, 5) is 30.6. The van der Waals surface area contributed by atoms with Crippen molar-refractivity contribution in [2.45, 2.75) is 26.9 Å². The first kappa shape index (κ1) is 23.2. The van der Waals surface area contributed by atoms with Gasteiger partial charge in [0, 0.05) is 23.4 Å². The second kappa shape index (κ2) is 9.57. The molecule has 5 rings (SSSR count). The second-order valence-corrected chi connectivity index (χ2v) is 8.31. The van der Waals surface area contributed by atoms with E-state index in [-0.39, 0.29) is 42.8 Å². The van der Waals surface area contributed by atoms with Crippen LogP contribution in [0.15, 0.2) is 57.8 Å². The number of nitrogens with zero attached hydrogens (tertiary/aromatic N) is 3. The van der Waals surface area contributed by atoms with Gasteiger partial charge in [-0.15, -0.1) is 0 Å². The topological polar surface area (TPSA) is 118 Å². The third-order valence-corrected chi connectivity index (χ3v) is 5.95. The largest absolute Gasteiger partial charge is 0.496 e. The van der Waals surface area contributed by atoms with Crippen molar-refractivity contribution < 1.29 is 23.5 Å². The molecular weight excluding hydrogens is 464 g/mol. The minimum absolute atomic E-state index is 0.0772. The number of amides is 1. The maximum atomic E-state index is 13.4. The van der Waals surface area contributed by atoms with Crippen molar-refractivity contribution >= 4 is 5.91 Å². The Bertz CT molecular complexity index is 1510. The fraction of sp³-hybridized carbons (Fsp3) is 0.231. The molecule has 0 atom stereocenters. The van der Waals surface area contributed by atoms with Crippen LogP contribution in [0, 0.1) is 13.8 Å². The van der Waals surface area contributed by atoms with Crippen LogP contribution in [-0.2, 0) is 17.9 Å². The molecule has 1 N–H and O–H groups in total. The van der Waals surface area contributed by atoms with Crippen LogP contribution in [0.1, 0.15) is 16.8 Å². The quantitative estimate of drug-likeness (QED) is 0.421. The average Bonchev–Trinajstić information content (AvgIpc) is 3.55. The first-order chi connectivity index (χ1) is 17.4. The Morgan fingerprint density at radius 3 is 2.75 bits per heavy atom. The van der Waals surface area contributed by atoms with Gasteiger partial charge < -0.3 is 28.6 Å². The first-order valence-corrected chi connectivity index (χ1v) is 11.3. The molecule has 0 radical (unpaired) electrons. The summed E-state index contributed by atoms with van der Waals surface area (Å²) in [5.41, 5.74) is 2.67. The lowest BCUT2D eigenvalue weighted by Gasteiger charge is -2.14. The van der Waals surface area contributed by atoms with Gasteiger partial charge >= 0.3 is 0 Å². The summed E-state index contributed by atoms with van der Waals surface area (Å²) >= 11 is 0. The number of aromatic nitrogens is 3. The van der Waals surface area contributed by atoms with E-state index in [9.17, 15) is 9.59 Å². The van der Waals surface area contributed by atoms with Crippen LogP contribution in [0.3, 0.4) is 0 Å². The van der Waals surface area contributed by atoms with Gasteiger partial charge in [-0.05, 0) is 49.7 Å². The SMILES string of the molecule is COc1ccccc1CNC(=O)Cn1c(C)cc(C)c(-c2nc(-c3ccc4c(c3)OCO4)no2)c1=O. The predicted octanol–water partition coefficient (Wildman–Crippen LogP) is 3.24. The Morgan fingerprint density at radius 2 is 1.92 bits per heavy atom. The van der Waals surface area contributed by atoms with Crippen molar-refractivity contribution in [1.29, 1.82) is 0 Å². The summed E-state index contributed by atoms with van der Waals surface area (Å²) in [5.74, 6) is 1.98. The Hall–Kier alpha value is -4.60. The van der Waals surface area contributed by atoms with Crippen LogP contribution < -0.4 is 25.1 Å². The van der Waals surface area contributed by atoms with Gasteiger partial charge in [-0.3, -0.25) is 9.59 Å². The molecule has 3 heterocycles. The van der Waals surface area contributed by atoms with Crippen molar-refractivity contribution in [3.63, 3.8) is 0 Å². The van der Waals surface area contributed by atoms with Crippen LogP contribution in [0.5, 0.6) is 17.2 Å². The molecule has 10 nitrogen and oxygen atoms in total. The van der Waals surface area contributed by atoms with Gasteiger partial charge in [0.2, 0.25) is 18.5 Å². The fourth-order valence-corrected chi connectivity index (χ4v) is 4.10. The molecule has 184 valence electrons. The van der Waals surface area contributed by atoms with E-state index in [1.54, 1.807) is 39.2 Å². The van der Waals surface area contributed by atoms with Crippen molar-refractivity contribution in [2.24, 2.45) is 0 Å². The summed E-state index contributed by atoms with van der Waals surface area (Å²) in [6, 6.07) is 14.5. The maximum absolute atomic E-state index is 13.4. The lowest BCUT2D eigenvalue weighted by Crippen LogP contribution is -2.34. The molecule has 36 heavy (non-hydrogen) atoms. The summed E-state index contributed by atoms with van der Waals surface area (Å²) in [6.45, 7) is 3.84. The van der Waals surface area contributed by atoms with Crippen LogP contribution in [0.4, 0.5) is 0 Å². The van der Waals surface area contributed by atoms with Gasteiger partial charge in [0.1, 0.15) is 17.9 Å². The van der Waals surface area contributed by atoms with E-state index in [0.29, 0.717) is 39.9 Å². The molecule has 0 unspecified atom stereocenters. The number of pyridine rings is 1. The van der Waals surface area contributed by atoms with Crippen LogP contribution >= 0.6 is 0 Å². The Morgan fingerprint density at radius 1 is 1.11 bits per heavy atom. The Labute approximate surface area is 206 Å². The van der Waals surface area contributed by atoms with Gasteiger partial charge in [-0.2, -0.15) is 4.98 Å². The van der Waals surface area contributed by atoms with E-state index < -0.39 is 0 Å². The summed E-state index contributed by atoms with van der Waals surface area (Å²) < 4.78 is 22.9. The molecule has 0 saturated carbocycles. The predicted molar refractivity (Wildman–Crippen MR) is 130 cm³/mol. The van der Waals surface area contributed by atoms with Gasteiger partial charge in [0.15, 0.2) is 11.5 Å². The minimum atomic E-state index is -0.388. The highest BCUT2D eigenvalue weighted by atomic mass is 16.7. The number of hydrogen-bond acceptors (Lipinski definition) is 8. The minimum Gasteiger partial charge on any atom is -0.496 e. The summed E-state index contributed by atoms with van der Waals surface area (Å²) in [7, 11) is 1.58. The third-order valence-electron chi connectivity index (χ3n) is 5.95. The smallest absolute Gasteiger partial charge is 0.264 e. The van der Waals surface area contributed by atoms with Gasteiger partial charge in [-0.25, -0.2) is 0 Å². The van der Waals surface area contributed by atoms with Crippen molar-refractivity contribution in [3.05, 3.63) is 75.7 Å². The zero-order valence-corrected chi connectivity index (χ0v) is 20.0. The molecule has 0 aliphatic carbocycles. The van der Waals surface area contributed by atoms with E-state index in [1.165, 1.54) is 4.57 Å². The third kappa shape index (κ3) is 4.40. The lowest BCUT2D eigenvalue weighted by molar-refractivity contribution is -0.121. The molecule has 1 aliphatic rings. The average molecular weight is 489 g/mol. The zero-order chi connectivity index (χ0) is 25.2. The van der Waals surface area contributed by atoms with Gasteiger partial charge in [0.25, 0.3) is 11.4 Å². The number of carbonyl (C=O) groups is 1. The van der Waals surface area contributed by atoms with E-state index in [1.807, 2.05) is 30.3 Å². The van der Waals surface area contributed by atoms with E-state index in [0.717, 1.165) is 5.56 Å². The van der Waals surface area contributed by atoms with E-state index in [4.69, 9.17) is 18.7 Å². The highest BCUT2D eigenvalue weighted by Gasteiger charge is 2.21. The maximum Gasteiger partial charge on any atom is 0.264 e. The number of benzene rings is 2. The van der Waals surface area contributed by atoms with Crippen molar-refractivity contribution in [3.8, 4) is 40.1 Å². The fourth-order valence-electron chi connectivity index (χ4n) is 4.10. The molecule has 0 saturated heterocycles. The lowest BCUT2D eigenvalue weighted by atomic mass is 10.1. The Balaban J connectivity index is 1.38. The molecule has 2 aromatic carbocycles. The number of methoxy groups -OCH3 is 1. The molecule has 10 heteroatoms. The molecule has 4 aromatic rings. The second-order valence-electron chi connectivity index (χ2n) is 8.31. The summed E-state index contributed by atoms with van der Waals surface area (Å²) in [5, 5.41) is 6.89. The highest BCUT2D eigenvalue weighted by Crippen LogP contribution is 2.35. The highest BCUT2D eigenvalue weighted by molar-refractivity contribution is 5.76. The number of ether oxygens (including phenoxy) is 3. The number of fused-ring (bicyclic) bond motifs is 1. The van der Waals surface area contributed by atoms with Gasteiger partial charge in [0.05, 0.1) is 7.11 Å². The monoisotopic (exact) mass is 488 g/mol. The molecule has 1 aliphatic heterocycles. The van der Waals surface area contributed by atoms with Gasteiger partial charge in [-0.1, -0.05) is 23.4 Å². The molecular formula is C26H24N4O6.